The molecule has 104 valence electrons. The minimum atomic E-state index is 0.549. The van der Waals surface area contributed by atoms with Gasteiger partial charge in [-0.15, -0.1) is 0 Å². The van der Waals surface area contributed by atoms with Gasteiger partial charge in [0.15, 0.2) is 5.82 Å². The van der Waals surface area contributed by atoms with Crippen LogP contribution in [0.1, 0.15) is 24.5 Å². The second-order valence-electron chi connectivity index (χ2n) is 4.82. The van der Waals surface area contributed by atoms with Crippen molar-refractivity contribution in [3.05, 3.63) is 34.4 Å². The van der Waals surface area contributed by atoms with Crippen molar-refractivity contribution < 1.29 is 4.74 Å². The summed E-state index contributed by atoms with van der Waals surface area (Å²) in [6.45, 7) is 0. The average Bonchev–Trinajstić information content (AvgIpc) is 3.32. The molecule has 1 saturated carbocycles. The van der Waals surface area contributed by atoms with Crippen LogP contribution in [0.15, 0.2) is 28.7 Å². The average molecular weight is 334 g/mol. The third kappa shape index (κ3) is 2.38. The number of benzene rings is 1. The van der Waals surface area contributed by atoms with Crippen LogP contribution in [0.5, 0.6) is 5.75 Å². The number of halogens is 1. The first-order valence-corrected chi connectivity index (χ1v) is 7.42. The number of ether oxygens (including phenoxy) is 1. The Morgan fingerprint density at radius 2 is 2.00 bits per heavy atom. The van der Waals surface area contributed by atoms with Crippen LogP contribution in [0.4, 0.5) is 5.82 Å². The van der Waals surface area contributed by atoms with E-state index in [1.165, 1.54) is 12.8 Å². The molecule has 0 amide bonds. The number of nitrogens with zero attached hydrogens (tertiary/aromatic N) is 2. The first-order chi connectivity index (χ1) is 9.74. The predicted molar refractivity (Wildman–Crippen MR) is 83.2 cm³/mol. The molecule has 0 spiro atoms. The third-order valence-electron chi connectivity index (χ3n) is 3.43. The van der Waals surface area contributed by atoms with Crippen molar-refractivity contribution in [3.63, 3.8) is 0 Å². The summed E-state index contributed by atoms with van der Waals surface area (Å²) in [6.07, 6.45) is 2.40. The van der Waals surface area contributed by atoms with Crippen molar-refractivity contribution in [2.75, 3.05) is 19.5 Å². The molecule has 1 aromatic carbocycles. The summed E-state index contributed by atoms with van der Waals surface area (Å²) >= 11 is 3.61. The zero-order valence-electron chi connectivity index (χ0n) is 11.5. The highest BCUT2D eigenvalue weighted by atomic mass is 79.9. The van der Waals surface area contributed by atoms with Gasteiger partial charge in [0.1, 0.15) is 11.6 Å². The molecule has 0 atom stereocenters. The van der Waals surface area contributed by atoms with E-state index in [0.29, 0.717) is 11.7 Å². The van der Waals surface area contributed by atoms with Gasteiger partial charge in [-0.05, 0) is 40.9 Å². The van der Waals surface area contributed by atoms with Crippen molar-refractivity contribution >= 4 is 21.7 Å². The SMILES string of the molecule is CNc1nc(-c2ccccc2OC)nc(C2CC2)c1Br. The van der Waals surface area contributed by atoms with E-state index in [2.05, 4.69) is 26.2 Å². The Morgan fingerprint density at radius 1 is 1.25 bits per heavy atom. The number of nitrogens with one attached hydrogen (secondary N) is 1. The Kier molecular flexibility index (Phi) is 3.61. The van der Waals surface area contributed by atoms with Crippen LogP contribution in [0.2, 0.25) is 0 Å². The van der Waals surface area contributed by atoms with E-state index in [-0.39, 0.29) is 0 Å². The van der Waals surface area contributed by atoms with Gasteiger partial charge in [0, 0.05) is 13.0 Å². The molecule has 2 aromatic rings. The number of rotatable bonds is 4. The molecule has 3 rings (SSSR count). The summed E-state index contributed by atoms with van der Waals surface area (Å²) in [5.41, 5.74) is 2.01. The van der Waals surface area contributed by atoms with E-state index in [9.17, 15) is 0 Å². The lowest BCUT2D eigenvalue weighted by atomic mass is 10.1. The normalized spacial score (nSPS) is 14.2. The van der Waals surface area contributed by atoms with Crippen LogP contribution in [-0.4, -0.2) is 24.1 Å². The highest BCUT2D eigenvalue weighted by Gasteiger charge is 2.29. The van der Waals surface area contributed by atoms with Crippen molar-refractivity contribution in [2.24, 2.45) is 0 Å². The monoisotopic (exact) mass is 333 g/mol. The van der Waals surface area contributed by atoms with Crippen molar-refractivity contribution in [2.45, 2.75) is 18.8 Å². The van der Waals surface area contributed by atoms with Crippen LogP contribution in [0.25, 0.3) is 11.4 Å². The minimum Gasteiger partial charge on any atom is -0.496 e. The molecule has 4 nitrogen and oxygen atoms in total. The van der Waals surface area contributed by atoms with E-state index in [1.807, 2.05) is 31.3 Å². The fourth-order valence-corrected chi connectivity index (χ4v) is 2.91. The molecule has 20 heavy (non-hydrogen) atoms. The molecule has 0 aliphatic heterocycles. The molecule has 1 fully saturated rings. The maximum absolute atomic E-state index is 5.41. The largest absolute Gasteiger partial charge is 0.496 e. The standard InChI is InChI=1S/C15H16BrN3O/c1-17-15-12(16)13(9-7-8-9)18-14(19-15)10-5-3-4-6-11(10)20-2/h3-6,9H,7-8H2,1-2H3,(H,17,18,19). The molecule has 1 aliphatic carbocycles. The molecule has 1 N–H and O–H groups in total. The smallest absolute Gasteiger partial charge is 0.165 e. The minimum absolute atomic E-state index is 0.549. The van der Waals surface area contributed by atoms with Crippen LogP contribution < -0.4 is 10.1 Å². The first-order valence-electron chi connectivity index (χ1n) is 6.63. The lowest BCUT2D eigenvalue weighted by Gasteiger charge is -2.12. The molecule has 1 aliphatic rings. The molecule has 1 aromatic heterocycles. The van der Waals surface area contributed by atoms with Crippen molar-refractivity contribution in [1.82, 2.24) is 9.97 Å². The lowest BCUT2D eigenvalue weighted by molar-refractivity contribution is 0.416. The van der Waals surface area contributed by atoms with E-state index >= 15 is 0 Å². The Hall–Kier alpha value is -1.62. The Morgan fingerprint density at radius 3 is 2.65 bits per heavy atom. The van der Waals surface area contributed by atoms with Gasteiger partial charge in [0.25, 0.3) is 0 Å². The number of hydrogen-bond donors (Lipinski definition) is 1. The number of anilines is 1. The second kappa shape index (κ2) is 5.40. The highest BCUT2D eigenvalue weighted by molar-refractivity contribution is 9.10. The summed E-state index contributed by atoms with van der Waals surface area (Å²) in [6, 6.07) is 7.83. The Balaban J connectivity index is 2.15. The topological polar surface area (TPSA) is 47.0 Å². The number of para-hydroxylation sites is 1. The summed E-state index contributed by atoms with van der Waals surface area (Å²) in [5, 5.41) is 3.13. The number of aromatic nitrogens is 2. The molecule has 0 unspecified atom stereocenters. The highest BCUT2D eigenvalue weighted by Crippen LogP contribution is 2.44. The zero-order valence-corrected chi connectivity index (χ0v) is 13.1. The Labute approximate surface area is 126 Å². The molecule has 0 saturated heterocycles. The van der Waals surface area contributed by atoms with Crippen molar-refractivity contribution in [3.8, 4) is 17.1 Å². The molecule has 1 heterocycles. The van der Waals surface area contributed by atoms with E-state index < -0.39 is 0 Å². The molecule has 5 heteroatoms. The molecular formula is C15H16BrN3O. The van der Waals surface area contributed by atoms with Gasteiger partial charge in [-0.2, -0.15) is 0 Å². The van der Waals surface area contributed by atoms with Crippen LogP contribution >= 0.6 is 15.9 Å². The quantitative estimate of drug-likeness (QED) is 0.923. The lowest BCUT2D eigenvalue weighted by Crippen LogP contribution is -2.03. The molecule has 0 bridgehead atoms. The fraction of sp³-hybridized carbons (Fsp3) is 0.333. The summed E-state index contributed by atoms with van der Waals surface area (Å²) < 4.78 is 6.38. The van der Waals surface area contributed by atoms with Gasteiger partial charge < -0.3 is 10.1 Å². The van der Waals surface area contributed by atoms with Crippen LogP contribution in [-0.2, 0) is 0 Å². The van der Waals surface area contributed by atoms with Gasteiger partial charge in [-0.25, -0.2) is 9.97 Å². The maximum Gasteiger partial charge on any atom is 0.165 e. The van der Waals surface area contributed by atoms with E-state index in [1.54, 1.807) is 7.11 Å². The van der Waals surface area contributed by atoms with Gasteiger partial charge in [-0.1, -0.05) is 12.1 Å². The number of hydrogen-bond acceptors (Lipinski definition) is 4. The third-order valence-corrected chi connectivity index (χ3v) is 4.21. The van der Waals surface area contributed by atoms with Gasteiger partial charge in [0.2, 0.25) is 0 Å². The summed E-state index contributed by atoms with van der Waals surface area (Å²) in [5.74, 6) is 2.87. The fourth-order valence-electron chi connectivity index (χ4n) is 2.21. The molecule has 0 radical (unpaired) electrons. The Bertz CT molecular complexity index is 641. The summed E-state index contributed by atoms with van der Waals surface area (Å²) in [7, 11) is 3.54. The van der Waals surface area contributed by atoms with E-state index in [4.69, 9.17) is 9.72 Å². The van der Waals surface area contributed by atoms with Gasteiger partial charge >= 0.3 is 0 Å². The van der Waals surface area contributed by atoms with Gasteiger partial charge in [-0.3, -0.25) is 0 Å². The zero-order chi connectivity index (χ0) is 14.1. The van der Waals surface area contributed by atoms with Crippen LogP contribution in [0, 0.1) is 0 Å². The first kappa shape index (κ1) is 13.4. The second-order valence-corrected chi connectivity index (χ2v) is 5.61. The summed E-state index contributed by atoms with van der Waals surface area (Å²) in [4.78, 5) is 9.34. The van der Waals surface area contributed by atoms with Crippen LogP contribution in [0.3, 0.4) is 0 Å². The predicted octanol–water partition coefficient (Wildman–Crippen LogP) is 3.83. The maximum atomic E-state index is 5.41. The number of methoxy groups -OCH3 is 1. The van der Waals surface area contributed by atoms with Crippen molar-refractivity contribution in [1.29, 1.82) is 0 Å². The van der Waals surface area contributed by atoms with E-state index in [0.717, 1.165) is 27.3 Å². The van der Waals surface area contributed by atoms with Gasteiger partial charge in [0.05, 0.1) is 22.8 Å². The molecular weight excluding hydrogens is 318 g/mol.